The number of nitrogens with zero attached hydrogens (tertiary/aromatic N) is 3. The Bertz CT molecular complexity index is 1370. The zero-order valence-corrected chi connectivity index (χ0v) is 21.7. The molecule has 1 amide bonds. The van der Waals surface area contributed by atoms with Crippen LogP contribution in [-0.4, -0.2) is 49.2 Å². The van der Waals surface area contributed by atoms with Gasteiger partial charge in [-0.3, -0.25) is 9.59 Å². The number of amides is 1. The predicted octanol–water partition coefficient (Wildman–Crippen LogP) is 1.20. The van der Waals surface area contributed by atoms with Gasteiger partial charge in [0, 0.05) is 24.0 Å². The van der Waals surface area contributed by atoms with E-state index in [-0.39, 0.29) is 35.6 Å². The van der Waals surface area contributed by atoms with E-state index in [4.69, 9.17) is 5.26 Å². The SMILES string of the molecule is Cc1c(-c2cccc(C(F)(F)F)c2)c(=O)c(C(=O)NCC[N+](C)(C)C)cn1Cc1ccc(C#N)cc1.[Cl-]. The summed E-state index contributed by atoms with van der Waals surface area (Å²) < 4.78 is 42.4. The topological polar surface area (TPSA) is 74.9 Å². The number of carbonyl (C=O) groups excluding carboxylic acids is 1. The summed E-state index contributed by atoms with van der Waals surface area (Å²) in [7, 11) is 5.90. The van der Waals surface area contributed by atoms with Crippen LogP contribution in [0.25, 0.3) is 11.1 Å². The monoisotopic (exact) mass is 532 g/mol. The van der Waals surface area contributed by atoms with Crippen LogP contribution in [0.5, 0.6) is 0 Å². The molecule has 3 aromatic rings. The first-order valence-electron chi connectivity index (χ1n) is 11.3. The number of nitriles is 1. The Morgan fingerprint density at radius 1 is 1.11 bits per heavy atom. The Morgan fingerprint density at radius 2 is 1.76 bits per heavy atom. The van der Waals surface area contributed by atoms with E-state index in [1.807, 2.05) is 27.2 Å². The fourth-order valence-corrected chi connectivity index (χ4v) is 3.75. The van der Waals surface area contributed by atoms with Crippen molar-refractivity contribution in [3.8, 4) is 17.2 Å². The molecular weight excluding hydrogens is 505 g/mol. The van der Waals surface area contributed by atoms with Crippen molar-refractivity contribution in [2.75, 3.05) is 34.2 Å². The lowest BCUT2D eigenvalue weighted by Gasteiger charge is -2.24. The van der Waals surface area contributed by atoms with Gasteiger partial charge in [0.15, 0.2) is 0 Å². The molecule has 0 saturated carbocycles. The Hall–Kier alpha value is -3.61. The summed E-state index contributed by atoms with van der Waals surface area (Å²) >= 11 is 0. The van der Waals surface area contributed by atoms with E-state index in [0.717, 1.165) is 17.7 Å². The standard InChI is InChI=1S/C27H27F3N4O2.ClH/c1-18-24(21-6-5-7-22(14-21)27(28,29)30)25(35)23(26(36)32-12-13-34(2,3)4)17-33(18)16-20-10-8-19(15-31)9-11-20;/h5-11,14,17H,12-13,16H2,1-4H3;1H. The second-order valence-corrected chi connectivity index (χ2v) is 9.62. The maximum Gasteiger partial charge on any atom is 0.416 e. The van der Waals surface area contributed by atoms with E-state index < -0.39 is 23.1 Å². The van der Waals surface area contributed by atoms with Gasteiger partial charge in [0.1, 0.15) is 5.56 Å². The molecule has 1 heterocycles. The molecule has 196 valence electrons. The van der Waals surface area contributed by atoms with Gasteiger partial charge in [-0.1, -0.05) is 24.3 Å². The van der Waals surface area contributed by atoms with Crippen molar-refractivity contribution in [2.45, 2.75) is 19.6 Å². The first-order chi connectivity index (χ1) is 16.8. The zero-order chi connectivity index (χ0) is 26.7. The van der Waals surface area contributed by atoms with Crippen LogP contribution < -0.4 is 23.2 Å². The van der Waals surface area contributed by atoms with Crippen molar-refractivity contribution >= 4 is 5.91 Å². The van der Waals surface area contributed by atoms with Crippen LogP contribution in [0.3, 0.4) is 0 Å². The Morgan fingerprint density at radius 3 is 2.32 bits per heavy atom. The number of pyridine rings is 1. The van der Waals surface area contributed by atoms with Gasteiger partial charge in [-0.05, 0) is 42.3 Å². The summed E-state index contributed by atoms with van der Waals surface area (Å²) in [5.74, 6) is -0.588. The van der Waals surface area contributed by atoms with Crippen LogP contribution in [-0.2, 0) is 12.7 Å². The first-order valence-corrected chi connectivity index (χ1v) is 11.3. The zero-order valence-electron chi connectivity index (χ0n) is 21.0. The van der Waals surface area contributed by atoms with E-state index in [1.54, 1.807) is 35.8 Å². The molecule has 0 spiro atoms. The Labute approximate surface area is 220 Å². The number of hydrogen-bond acceptors (Lipinski definition) is 3. The lowest BCUT2D eigenvalue weighted by Crippen LogP contribution is -3.00. The van der Waals surface area contributed by atoms with Crippen LogP contribution in [0.2, 0.25) is 0 Å². The van der Waals surface area contributed by atoms with Crippen LogP contribution in [0, 0.1) is 18.3 Å². The van der Waals surface area contributed by atoms with Gasteiger partial charge >= 0.3 is 6.18 Å². The van der Waals surface area contributed by atoms with Crippen LogP contribution in [0.4, 0.5) is 13.2 Å². The first kappa shape index (κ1) is 29.6. The maximum absolute atomic E-state index is 13.4. The van der Waals surface area contributed by atoms with Gasteiger partial charge in [0.05, 0.1) is 51.4 Å². The second-order valence-electron chi connectivity index (χ2n) is 9.62. The average molecular weight is 533 g/mol. The van der Waals surface area contributed by atoms with Crippen LogP contribution in [0.15, 0.2) is 59.5 Å². The fourth-order valence-electron chi connectivity index (χ4n) is 3.75. The van der Waals surface area contributed by atoms with E-state index in [1.165, 1.54) is 18.3 Å². The summed E-state index contributed by atoms with van der Waals surface area (Å²) in [6.45, 7) is 2.84. The molecule has 10 heteroatoms. The number of benzene rings is 2. The smallest absolute Gasteiger partial charge is 0.416 e. The predicted molar refractivity (Wildman–Crippen MR) is 131 cm³/mol. The number of rotatable bonds is 7. The third-order valence-corrected chi connectivity index (χ3v) is 5.78. The van der Waals surface area contributed by atoms with Crippen molar-refractivity contribution in [3.05, 3.63) is 92.9 Å². The van der Waals surface area contributed by atoms with Crippen molar-refractivity contribution < 1.29 is 34.9 Å². The van der Waals surface area contributed by atoms with Gasteiger partial charge < -0.3 is 26.8 Å². The maximum atomic E-state index is 13.4. The minimum absolute atomic E-state index is 0. The number of carbonyl (C=O) groups is 1. The molecule has 0 bridgehead atoms. The summed E-state index contributed by atoms with van der Waals surface area (Å²) in [6, 6.07) is 13.4. The number of hydrogen-bond donors (Lipinski definition) is 1. The van der Waals surface area contributed by atoms with Gasteiger partial charge in [-0.15, -0.1) is 0 Å². The molecule has 0 aliphatic carbocycles. The molecule has 1 aromatic heterocycles. The number of alkyl halides is 3. The highest BCUT2D eigenvalue weighted by Gasteiger charge is 2.31. The van der Waals surface area contributed by atoms with E-state index >= 15 is 0 Å². The van der Waals surface area contributed by atoms with Gasteiger partial charge in [-0.25, -0.2) is 0 Å². The quantitative estimate of drug-likeness (QED) is 0.465. The molecule has 0 fully saturated rings. The Kier molecular flexibility index (Phi) is 9.31. The molecule has 3 rings (SSSR count). The third-order valence-electron chi connectivity index (χ3n) is 5.78. The van der Waals surface area contributed by atoms with Crippen LogP contribution >= 0.6 is 0 Å². The van der Waals surface area contributed by atoms with Crippen LogP contribution in [0.1, 0.15) is 32.7 Å². The highest BCUT2D eigenvalue weighted by atomic mass is 35.5. The molecular formula is C27H28ClF3N4O2. The molecule has 0 saturated heterocycles. The van der Waals surface area contributed by atoms with Gasteiger partial charge in [-0.2, -0.15) is 18.4 Å². The lowest BCUT2D eigenvalue weighted by atomic mass is 9.98. The number of nitrogens with one attached hydrogen (secondary N) is 1. The minimum atomic E-state index is -4.58. The van der Waals surface area contributed by atoms with Crippen molar-refractivity contribution in [3.63, 3.8) is 0 Å². The third kappa shape index (κ3) is 7.44. The van der Waals surface area contributed by atoms with Crippen molar-refractivity contribution in [1.82, 2.24) is 9.88 Å². The average Bonchev–Trinajstić information content (AvgIpc) is 2.80. The molecule has 0 unspecified atom stereocenters. The second kappa shape index (κ2) is 11.6. The van der Waals surface area contributed by atoms with Gasteiger partial charge in [0.2, 0.25) is 5.43 Å². The number of halogens is 4. The number of quaternary nitrogens is 1. The van der Waals surface area contributed by atoms with Crippen molar-refractivity contribution in [1.29, 1.82) is 5.26 Å². The fraction of sp³-hybridized carbons (Fsp3) is 0.296. The molecule has 37 heavy (non-hydrogen) atoms. The lowest BCUT2D eigenvalue weighted by molar-refractivity contribution is -0.869. The molecule has 6 nitrogen and oxygen atoms in total. The molecule has 0 aliphatic rings. The molecule has 0 radical (unpaired) electrons. The Balaban J connectivity index is 0.00000481. The molecule has 0 atom stereocenters. The highest BCUT2D eigenvalue weighted by molar-refractivity contribution is 5.95. The summed E-state index contributed by atoms with van der Waals surface area (Å²) in [5, 5.41) is 11.8. The summed E-state index contributed by atoms with van der Waals surface area (Å²) in [6.07, 6.45) is -3.14. The number of likely N-dealkylation sites (N-methyl/N-ethyl adjacent to an activating group) is 1. The van der Waals surface area contributed by atoms with Crippen molar-refractivity contribution in [2.24, 2.45) is 0 Å². The van der Waals surface area contributed by atoms with Gasteiger partial charge in [0.25, 0.3) is 5.91 Å². The summed E-state index contributed by atoms with van der Waals surface area (Å²) in [5.41, 5.74) is 0.163. The van der Waals surface area contributed by atoms with E-state index in [9.17, 15) is 22.8 Å². The molecule has 0 aliphatic heterocycles. The van der Waals surface area contributed by atoms with E-state index in [2.05, 4.69) is 5.32 Å². The minimum Gasteiger partial charge on any atom is -1.00 e. The molecule has 2 aromatic carbocycles. The number of aromatic nitrogens is 1. The van der Waals surface area contributed by atoms with E-state index in [0.29, 0.717) is 28.8 Å². The molecule has 1 N–H and O–H groups in total. The normalized spacial score (nSPS) is 11.4. The highest BCUT2D eigenvalue weighted by Crippen LogP contribution is 2.32. The largest absolute Gasteiger partial charge is 1.00 e. The summed E-state index contributed by atoms with van der Waals surface area (Å²) in [4.78, 5) is 26.5.